The largest absolute Gasteiger partial charge is 0.0801 e. The van der Waals surface area contributed by atoms with Crippen molar-refractivity contribution in [3.05, 3.63) is 287 Å². The van der Waals surface area contributed by atoms with Crippen molar-refractivity contribution in [1.82, 2.24) is 0 Å². The molecule has 0 spiro atoms. The van der Waals surface area contributed by atoms with Crippen LogP contribution in [0.5, 0.6) is 0 Å². The molecule has 0 amide bonds. The van der Waals surface area contributed by atoms with Crippen LogP contribution in [0.2, 0.25) is 0 Å². The van der Waals surface area contributed by atoms with Gasteiger partial charge in [0, 0.05) is 0 Å². The van der Waals surface area contributed by atoms with Gasteiger partial charge in [-0.05, 0) is 138 Å². The number of allylic oxidation sites excluding steroid dienone is 11. The Morgan fingerprint density at radius 2 is 0.968 bits per heavy atom. The molecule has 2 aliphatic rings. The molecule has 0 atom stereocenters. The summed E-state index contributed by atoms with van der Waals surface area (Å²) in [4.78, 5) is 0. The maximum atomic E-state index is 2.41. The first kappa shape index (κ1) is 38.6. The SMILES string of the molecule is C1=CCC(=C(Cc2ccccc2C(=C2C=CC=CC2)c2ccc3cc(-c4ccccc4)ccc3c2)c2ccccc2Cc2ccc(-c3ccccc3)c(-c3ccccc3)c2)C=C1. The van der Waals surface area contributed by atoms with E-state index >= 15 is 0 Å². The lowest BCUT2D eigenvalue weighted by molar-refractivity contribution is 1.14. The van der Waals surface area contributed by atoms with E-state index in [-0.39, 0.29) is 0 Å². The molecular weight excluding hydrogens is 745 g/mol. The summed E-state index contributed by atoms with van der Waals surface area (Å²) < 4.78 is 0. The number of rotatable bonds is 10. The Bertz CT molecular complexity index is 3080. The molecule has 8 aromatic rings. The minimum Gasteiger partial charge on any atom is -0.0801 e. The normalized spacial score (nSPS) is 14.9. The molecule has 0 N–H and O–H groups in total. The van der Waals surface area contributed by atoms with Gasteiger partial charge in [-0.15, -0.1) is 0 Å². The van der Waals surface area contributed by atoms with Crippen LogP contribution in [0.3, 0.4) is 0 Å². The highest BCUT2D eigenvalue weighted by molar-refractivity contribution is 5.94. The summed E-state index contributed by atoms with van der Waals surface area (Å²) >= 11 is 0. The van der Waals surface area contributed by atoms with Crippen LogP contribution in [-0.2, 0) is 12.8 Å². The van der Waals surface area contributed by atoms with Crippen LogP contribution in [0.15, 0.2) is 254 Å². The van der Waals surface area contributed by atoms with Gasteiger partial charge >= 0.3 is 0 Å². The molecule has 0 aromatic heterocycles. The topological polar surface area (TPSA) is 0 Å². The summed E-state index contributed by atoms with van der Waals surface area (Å²) in [7, 11) is 0. The van der Waals surface area contributed by atoms with E-state index < -0.39 is 0 Å². The fourth-order valence-corrected chi connectivity index (χ4v) is 9.27. The van der Waals surface area contributed by atoms with Crippen molar-refractivity contribution < 1.29 is 0 Å². The molecule has 0 heterocycles. The fraction of sp³-hybridized carbons (Fsp3) is 0.0645. The van der Waals surface area contributed by atoms with Crippen molar-refractivity contribution in [2.45, 2.75) is 25.7 Å². The third-order valence-corrected chi connectivity index (χ3v) is 12.4. The molecule has 0 fully saturated rings. The van der Waals surface area contributed by atoms with Crippen LogP contribution in [-0.4, -0.2) is 0 Å². The van der Waals surface area contributed by atoms with Crippen LogP contribution in [0.1, 0.15) is 46.2 Å². The van der Waals surface area contributed by atoms with Gasteiger partial charge in [-0.25, -0.2) is 0 Å². The van der Waals surface area contributed by atoms with Gasteiger partial charge in [-0.3, -0.25) is 0 Å². The van der Waals surface area contributed by atoms with Crippen LogP contribution >= 0.6 is 0 Å². The molecule has 0 saturated heterocycles. The zero-order chi connectivity index (χ0) is 41.5. The fourth-order valence-electron chi connectivity index (χ4n) is 9.27. The Morgan fingerprint density at radius 3 is 1.66 bits per heavy atom. The summed E-state index contributed by atoms with van der Waals surface area (Å²) in [6.45, 7) is 0. The molecule has 0 saturated carbocycles. The average Bonchev–Trinajstić information content (AvgIpc) is 3.35. The standard InChI is InChI=1S/C62H48/c1-6-20-46(21-7-1)51-35-36-53-43-56(38-37-52(53)42-51)62(50-28-14-5-15-29-50)59-33-19-17-31-55(59)44-61(49-26-12-4-13-27-49)57-32-18-16-30-54(57)40-45-34-39-58(47-22-8-2-9-23-47)60(41-45)48-24-10-3-11-25-48/h1-26,28,30-39,41-43H,27,29,40,44H2. The Morgan fingerprint density at radius 1 is 0.387 bits per heavy atom. The Hall–Kier alpha value is -7.54. The van der Waals surface area contributed by atoms with Gasteiger partial charge in [0.25, 0.3) is 0 Å². The van der Waals surface area contributed by atoms with E-state index in [1.165, 1.54) is 99.8 Å². The average molecular weight is 793 g/mol. The van der Waals surface area contributed by atoms with Gasteiger partial charge in [-0.1, -0.05) is 231 Å². The zero-order valence-electron chi connectivity index (χ0n) is 34.9. The number of hydrogen-bond acceptors (Lipinski definition) is 0. The highest BCUT2D eigenvalue weighted by atomic mass is 14.2. The molecule has 8 aromatic carbocycles. The first-order valence-corrected chi connectivity index (χ1v) is 21.9. The molecular formula is C62H48. The second-order valence-corrected chi connectivity index (χ2v) is 16.3. The summed E-state index contributed by atoms with van der Waals surface area (Å²) in [5.74, 6) is 0. The molecule has 0 bridgehead atoms. The first-order chi connectivity index (χ1) is 30.7. The number of fused-ring (bicyclic) bond motifs is 1. The molecule has 0 nitrogen and oxygen atoms in total. The minimum atomic E-state index is 0.813. The van der Waals surface area contributed by atoms with Gasteiger partial charge in [0.2, 0.25) is 0 Å². The van der Waals surface area contributed by atoms with Crippen molar-refractivity contribution in [2.75, 3.05) is 0 Å². The molecule has 10 rings (SSSR count). The van der Waals surface area contributed by atoms with Gasteiger partial charge in [0.05, 0.1) is 0 Å². The zero-order valence-corrected chi connectivity index (χ0v) is 34.9. The smallest absolute Gasteiger partial charge is 0.00107 e. The lowest BCUT2D eigenvalue weighted by Crippen LogP contribution is -2.05. The van der Waals surface area contributed by atoms with E-state index in [0.29, 0.717) is 0 Å². The second-order valence-electron chi connectivity index (χ2n) is 16.3. The quantitative estimate of drug-likeness (QED) is 0.129. The number of hydrogen-bond donors (Lipinski definition) is 0. The van der Waals surface area contributed by atoms with Crippen molar-refractivity contribution in [3.63, 3.8) is 0 Å². The molecule has 0 unspecified atom stereocenters. The third-order valence-electron chi connectivity index (χ3n) is 12.4. The summed E-state index contributed by atoms with van der Waals surface area (Å²) in [5.41, 5.74) is 20.7. The second kappa shape index (κ2) is 18.0. The minimum absolute atomic E-state index is 0.813. The molecule has 0 aliphatic heterocycles. The Balaban J connectivity index is 1.05. The van der Waals surface area contributed by atoms with Crippen molar-refractivity contribution in [3.8, 4) is 33.4 Å². The molecule has 62 heavy (non-hydrogen) atoms. The monoisotopic (exact) mass is 792 g/mol. The van der Waals surface area contributed by atoms with Crippen LogP contribution in [0, 0.1) is 0 Å². The van der Waals surface area contributed by atoms with E-state index in [2.05, 4.69) is 243 Å². The predicted molar refractivity (Wildman–Crippen MR) is 265 cm³/mol. The molecule has 296 valence electrons. The predicted octanol–water partition coefficient (Wildman–Crippen LogP) is 16.3. The third kappa shape index (κ3) is 8.29. The summed E-state index contributed by atoms with van der Waals surface area (Å²) in [6.07, 6.45) is 21.4. The number of benzene rings is 8. The Kier molecular flexibility index (Phi) is 11.2. The van der Waals surface area contributed by atoms with Gasteiger partial charge in [-0.2, -0.15) is 0 Å². The van der Waals surface area contributed by atoms with E-state index in [9.17, 15) is 0 Å². The first-order valence-electron chi connectivity index (χ1n) is 21.9. The summed E-state index contributed by atoms with van der Waals surface area (Å²) in [5, 5.41) is 2.49. The van der Waals surface area contributed by atoms with E-state index in [0.717, 1.165) is 25.7 Å². The maximum absolute atomic E-state index is 2.41. The summed E-state index contributed by atoms with van der Waals surface area (Å²) in [6, 6.07) is 71.4. The van der Waals surface area contributed by atoms with E-state index in [1.807, 2.05) is 0 Å². The lowest BCUT2D eigenvalue weighted by Gasteiger charge is -2.22. The van der Waals surface area contributed by atoms with Crippen LogP contribution in [0.25, 0.3) is 55.3 Å². The van der Waals surface area contributed by atoms with Gasteiger partial charge < -0.3 is 0 Å². The molecule has 0 radical (unpaired) electrons. The van der Waals surface area contributed by atoms with E-state index in [4.69, 9.17) is 0 Å². The van der Waals surface area contributed by atoms with Gasteiger partial charge in [0.1, 0.15) is 0 Å². The molecule has 2 aliphatic carbocycles. The Labute approximate surface area is 366 Å². The van der Waals surface area contributed by atoms with Gasteiger partial charge in [0.15, 0.2) is 0 Å². The lowest BCUT2D eigenvalue weighted by atomic mass is 9.82. The van der Waals surface area contributed by atoms with E-state index in [1.54, 1.807) is 0 Å². The van der Waals surface area contributed by atoms with Crippen LogP contribution in [0.4, 0.5) is 0 Å². The van der Waals surface area contributed by atoms with Crippen LogP contribution < -0.4 is 0 Å². The van der Waals surface area contributed by atoms with Crippen molar-refractivity contribution in [1.29, 1.82) is 0 Å². The maximum Gasteiger partial charge on any atom is -0.00107 e. The van der Waals surface area contributed by atoms with Crippen molar-refractivity contribution in [2.24, 2.45) is 0 Å². The molecule has 0 heteroatoms. The highest BCUT2D eigenvalue weighted by Gasteiger charge is 2.20. The highest BCUT2D eigenvalue weighted by Crippen LogP contribution is 2.39. The van der Waals surface area contributed by atoms with Crippen molar-refractivity contribution >= 4 is 21.9 Å².